The van der Waals surface area contributed by atoms with Gasteiger partial charge in [0.05, 0.1) is 0 Å². The fourth-order valence-electron chi connectivity index (χ4n) is 3.89. The lowest BCUT2D eigenvalue weighted by molar-refractivity contribution is 0.558. The summed E-state index contributed by atoms with van der Waals surface area (Å²) in [5.41, 5.74) is 4.21. The minimum absolute atomic E-state index is 0.352. The van der Waals surface area contributed by atoms with Crippen molar-refractivity contribution in [1.29, 1.82) is 0 Å². The molecule has 0 heterocycles. The predicted molar refractivity (Wildman–Crippen MR) is 117 cm³/mol. The van der Waals surface area contributed by atoms with Gasteiger partial charge in [-0.15, -0.1) is 0 Å². The van der Waals surface area contributed by atoms with Crippen molar-refractivity contribution in [3.05, 3.63) is 95.6 Å². The summed E-state index contributed by atoms with van der Waals surface area (Å²) in [4.78, 5) is 0. The van der Waals surface area contributed by atoms with Crippen molar-refractivity contribution in [2.75, 3.05) is 6.54 Å². The van der Waals surface area contributed by atoms with Crippen molar-refractivity contribution >= 4 is 21.5 Å². The molecule has 1 unspecified atom stereocenters. The molecule has 27 heavy (non-hydrogen) atoms. The van der Waals surface area contributed by atoms with Gasteiger partial charge >= 0.3 is 0 Å². The zero-order valence-electron chi connectivity index (χ0n) is 16.2. The molecule has 0 spiro atoms. The topological polar surface area (TPSA) is 12.0 Å². The van der Waals surface area contributed by atoms with Gasteiger partial charge in [0.15, 0.2) is 0 Å². The van der Waals surface area contributed by atoms with Crippen LogP contribution >= 0.6 is 0 Å². The molecule has 136 valence electrons. The lowest BCUT2D eigenvalue weighted by Crippen LogP contribution is -2.20. The molecule has 0 saturated heterocycles. The molecule has 1 nitrogen and oxygen atoms in total. The molecular weight excluding hydrogens is 326 g/mol. The van der Waals surface area contributed by atoms with Gasteiger partial charge in [0, 0.05) is 6.04 Å². The SMILES string of the molecule is Cc1ccccc1CCCNC(C)c1ccc2ccc3ccccc3c2c1. The Labute approximate surface area is 162 Å². The van der Waals surface area contributed by atoms with E-state index in [1.54, 1.807) is 0 Å². The molecule has 4 rings (SSSR count). The van der Waals surface area contributed by atoms with E-state index in [0.29, 0.717) is 6.04 Å². The van der Waals surface area contributed by atoms with Crippen LogP contribution in [0.4, 0.5) is 0 Å². The van der Waals surface area contributed by atoms with Gasteiger partial charge in [-0.2, -0.15) is 0 Å². The Morgan fingerprint density at radius 1 is 0.778 bits per heavy atom. The summed E-state index contributed by atoms with van der Waals surface area (Å²) in [5, 5.41) is 9.00. The second kappa shape index (κ2) is 7.94. The predicted octanol–water partition coefficient (Wildman–Crippen LogP) is 6.58. The van der Waals surface area contributed by atoms with E-state index in [9.17, 15) is 0 Å². The monoisotopic (exact) mass is 353 g/mol. The summed E-state index contributed by atoms with van der Waals surface area (Å²) in [6, 6.07) is 29.0. The van der Waals surface area contributed by atoms with Crippen molar-refractivity contribution in [2.45, 2.75) is 32.7 Å². The number of rotatable bonds is 6. The first kappa shape index (κ1) is 17.8. The number of hydrogen-bond acceptors (Lipinski definition) is 1. The zero-order valence-corrected chi connectivity index (χ0v) is 16.2. The van der Waals surface area contributed by atoms with Crippen LogP contribution in [-0.2, 0) is 6.42 Å². The van der Waals surface area contributed by atoms with Crippen LogP contribution in [0.3, 0.4) is 0 Å². The standard InChI is InChI=1S/C26H27N/c1-19-8-3-4-9-21(19)11-7-17-27-20(2)24-16-15-23-14-13-22-10-5-6-12-25(22)26(23)18-24/h3-6,8-10,12-16,18,20,27H,7,11,17H2,1-2H3. The molecule has 1 heteroatoms. The van der Waals surface area contributed by atoms with E-state index in [2.05, 4.69) is 98.0 Å². The average Bonchev–Trinajstić information content (AvgIpc) is 2.71. The van der Waals surface area contributed by atoms with Crippen molar-refractivity contribution in [3.63, 3.8) is 0 Å². The molecule has 0 aromatic heterocycles. The Morgan fingerprint density at radius 2 is 1.48 bits per heavy atom. The summed E-state index contributed by atoms with van der Waals surface area (Å²) in [6.07, 6.45) is 2.29. The third kappa shape index (κ3) is 3.89. The molecule has 0 aliphatic carbocycles. The van der Waals surface area contributed by atoms with Crippen molar-refractivity contribution < 1.29 is 0 Å². The maximum absolute atomic E-state index is 3.70. The molecule has 0 fully saturated rings. The summed E-state index contributed by atoms with van der Waals surface area (Å²) < 4.78 is 0. The van der Waals surface area contributed by atoms with Gasteiger partial charge in [0.1, 0.15) is 0 Å². The quantitative estimate of drug-likeness (QED) is 0.305. The van der Waals surface area contributed by atoms with Crippen molar-refractivity contribution in [2.24, 2.45) is 0 Å². The average molecular weight is 354 g/mol. The van der Waals surface area contributed by atoms with E-state index in [4.69, 9.17) is 0 Å². The van der Waals surface area contributed by atoms with E-state index in [-0.39, 0.29) is 0 Å². The van der Waals surface area contributed by atoms with Gasteiger partial charge in [0.25, 0.3) is 0 Å². The number of benzene rings is 4. The Morgan fingerprint density at radius 3 is 2.33 bits per heavy atom. The number of fused-ring (bicyclic) bond motifs is 3. The van der Waals surface area contributed by atoms with Crippen LogP contribution in [0.1, 0.15) is 36.1 Å². The summed E-state index contributed by atoms with van der Waals surface area (Å²) in [6.45, 7) is 5.49. The third-order valence-corrected chi connectivity index (χ3v) is 5.61. The highest BCUT2D eigenvalue weighted by atomic mass is 14.9. The Bertz CT molecular complexity index is 1060. The highest BCUT2D eigenvalue weighted by molar-refractivity contribution is 6.07. The lowest BCUT2D eigenvalue weighted by atomic mass is 9.98. The van der Waals surface area contributed by atoms with E-state index in [0.717, 1.165) is 19.4 Å². The number of nitrogens with one attached hydrogen (secondary N) is 1. The molecule has 0 radical (unpaired) electrons. The van der Waals surface area contributed by atoms with Gasteiger partial charge in [-0.1, -0.05) is 72.8 Å². The molecule has 0 aliphatic rings. The highest BCUT2D eigenvalue weighted by Crippen LogP contribution is 2.28. The fourth-order valence-corrected chi connectivity index (χ4v) is 3.89. The first-order chi connectivity index (χ1) is 13.2. The maximum Gasteiger partial charge on any atom is 0.0292 e. The van der Waals surface area contributed by atoms with Gasteiger partial charge in [-0.25, -0.2) is 0 Å². The summed E-state index contributed by atoms with van der Waals surface area (Å²) >= 11 is 0. The zero-order chi connectivity index (χ0) is 18.6. The van der Waals surface area contributed by atoms with E-state index in [1.165, 1.54) is 38.2 Å². The minimum Gasteiger partial charge on any atom is -0.310 e. The summed E-state index contributed by atoms with van der Waals surface area (Å²) in [5.74, 6) is 0. The van der Waals surface area contributed by atoms with Gasteiger partial charge < -0.3 is 5.32 Å². The molecule has 0 saturated carbocycles. The highest BCUT2D eigenvalue weighted by Gasteiger charge is 2.07. The minimum atomic E-state index is 0.352. The molecule has 0 amide bonds. The number of hydrogen-bond donors (Lipinski definition) is 1. The van der Waals surface area contributed by atoms with Crippen LogP contribution < -0.4 is 5.32 Å². The van der Waals surface area contributed by atoms with Gasteiger partial charge in [-0.3, -0.25) is 0 Å². The third-order valence-electron chi connectivity index (χ3n) is 5.61. The van der Waals surface area contributed by atoms with Crippen molar-refractivity contribution in [3.8, 4) is 0 Å². The molecule has 4 aromatic rings. The molecule has 4 aromatic carbocycles. The van der Waals surface area contributed by atoms with Crippen LogP contribution in [-0.4, -0.2) is 6.54 Å². The van der Waals surface area contributed by atoms with Crippen LogP contribution in [0.2, 0.25) is 0 Å². The molecule has 0 bridgehead atoms. The molecular formula is C26H27N. The smallest absolute Gasteiger partial charge is 0.0292 e. The second-order valence-electron chi connectivity index (χ2n) is 7.47. The first-order valence-electron chi connectivity index (χ1n) is 9.92. The first-order valence-corrected chi connectivity index (χ1v) is 9.92. The van der Waals surface area contributed by atoms with E-state index >= 15 is 0 Å². The van der Waals surface area contributed by atoms with Gasteiger partial charge in [-0.05, 0) is 77.5 Å². The van der Waals surface area contributed by atoms with Crippen molar-refractivity contribution in [1.82, 2.24) is 5.32 Å². The second-order valence-corrected chi connectivity index (χ2v) is 7.47. The molecule has 1 N–H and O–H groups in total. The Kier molecular flexibility index (Phi) is 5.22. The van der Waals surface area contributed by atoms with Crippen LogP contribution in [0.25, 0.3) is 21.5 Å². The number of aryl methyl sites for hydroxylation is 2. The Balaban J connectivity index is 1.45. The normalized spacial score (nSPS) is 12.5. The molecule has 1 atom stereocenters. The van der Waals surface area contributed by atoms with Crippen LogP contribution in [0.15, 0.2) is 78.9 Å². The van der Waals surface area contributed by atoms with E-state index < -0.39 is 0 Å². The Hall–Kier alpha value is -2.64. The summed E-state index contributed by atoms with van der Waals surface area (Å²) in [7, 11) is 0. The fraction of sp³-hybridized carbons (Fsp3) is 0.231. The van der Waals surface area contributed by atoms with Crippen LogP contribution in [0, 0.1) is 6.92 Å². The maximum atomic E-state index is 3.70. The largest absolute Gasteiger partial charge is 0.310 e. The van der Waals surface area contributed by atoms with Crippen LogP contribution in [0.5, 0.6) is 0 Å². The van der Waals surface area contributed by atoms with E-state index in [1.807, 2.05) is 0 Å². The molecule has 0 aliphatic heterocycles. The lowest BCUT2D eigenvalue weighted by Gasteiger charge is -2.16. The van der Waals surface area contributed by atoms with Gasteiger partial charge in [0.2, 0.25) is 0 Å².